The summed E-state index contributed by atoms with van der Waals surface area (Å²) in [6, 6.07) is 11.0. The number of hydrogen-bond donors (Lipinski definition) is 1. The molecular weight excluding hydrogens is 254 g/mol. The van der Waals surface area contributed by atoms with Crippen LogP contribution < -0.4 is 5.32 Å². The molecule has 100 valence electrons. The predicted molar refractivity (Wildman–Crippen MR) is 81.7 cm³/mol. The van der Waals surface area contributed by atoms with E-state index in [9.17, 15) is 0 Å². The zero-order valence-electron chi connectivity index (χ0n) is 11.1. The first kappa shape index (κ1) is 12.6. The average molecular weight is 273 g/mol. The van der Waals surface area contributed by atoms with Crippen LogP contribution in [0.25, 0.3) is 0 Å². The van der Waals surface area contributed by atoms with Gasteiger partial charge in [0.25, 0.3) is 0 Å². The van der Waals surface area contributed by atoms with E-state index in [-0.39, 0.29) is 0 Å². The summed E-state index contributed by atoms with van der Waals surface area (Å²) in [5.41, 5.74) is 2.41. The minimum absolute atomic E-state index is 0.583. The van der Waals surface area contributed by atoms with Crippen LogP contribution >= 0.6 is 11.8 Å². The SMILES string of the molecule is CC1SCCC1Nc1cnn(Cc2ccccc2)c1. The number of nitrogens with zero attached hydrogens (tertiary/aromatic N) is 2. The molecule has 1 aliphatic heterocycles. The summed E-state index contributed by atoms with van der Waals surface area (Å²) in [6.07, 6.45) is 5.27. The van der Waals surface area contributed by atoms with Crippen LogP contribution in [0.4, 0.5) is 5.69 Å². The highest BCUT2D eigenvalue weighted by atomic mass is 32.2. The van der Waals surface area contributed by atoms with Crippen molar-refractivity contribution in [2.45, 2.75) is 31.2 Å². The van der Waals surface area contributed by atoms with Crippen LogP contribution in [-0.2, 0) is 6.54 Å². The molecule has 0 radical (unpaired) electrons. The Bertz CT molecular complexity index is 523. The van der Waals surface area contributed by atoms with Gasteiger partial charge in [-0.15, -0.1) is 0 Å². The molecule has 3 nitrogen and oxygen atoms in total. The lowest BCUT2D eigenvalue weighted by Crippen LogP contribution is -2.24. The molecule has 0 bridgehead atoms. The van der Waals surface area contributed by atoms with E-state index in [1.807, 2.05) is 28.7 Å². The number of benzene rings is 1. The highest BCUT2D eigenvalue weighted by Gasteiger charge is 2.23. The molecule has 3 rings (SSSR count). The normalized spacial score (nSPS) is 22.6. The minimum atomic E-state index is 0.583. The van der Waals surface area contributed by atoms with Crippen LogP contribution in [0, 0.1) is 0 Å². The van der Waals surface area contributed by atoms with Gasteiger partial charge in [-0.25, -0.2) is 0 Å². The first-order valence-corrected chi connectivity index (χ1v) is 7.80. The second-order valence-corrected chi connectivity index (χ2v) is 6.51. The van der Waals surface area contributed by atoms with Gasteiger partial charge >= 0.3 is 0 Å². The molecule has 2 heterocycles. The molecule has 0 saturated carbocycles. The van der Waals surface area contributed by atoms with Crippen molar-refractivity contribution in [3.05, 3.63) is 48.3 Å². The number of anilines is 1. The molecule has 1 aromatic heterocycles. The Labute approximate surface area is 118 Å². The van der Waals surface area contributed by atoms with E-state index >= 15 is 0 Å². The topological polar surface area (TPSA) is 29.9 Å². The zero-order chi connectivity index (χ0) is 13.1. The van der Waals surface area contributed by atoms with E-state index < -0.39 is 0 Å². The van der Waals surface area contributed by atoms with Crippen molar-refractivity contribution in [3.63, 3.8) is 0 Å². The van der Waals surface area contributed by atoms with E-state index in [1.165, 1.54) is 17.7 Å². The molecule has 2 unspecified atom stereocenters. The van der Waals surface area contributed by atoms with Crippen molar-refractivity contribution < 1.29 is 0 Å². The molecule has 0 spiro atoms. The van der Waals surface area contributed by atoms with Gasteiger partial charge in [0.2, 0.25) is 0 Å². The molecule has 1 saturated heterocycles. The standard InChI is InChI=1S/C15H19N3S/c1-12-15(7-8-19-12)17-14-9-16-18(11-14)10-13-5-3-2-4-6-13/h2-6,9,11-12,15,17H,7-8,10H2,1H3. The molecule has 2 aromatic rings. The first-order chi connectivity index (χ1) is 9.31. The van der Waals surface area contributed by atoms with Crippen molar-refractivity contribution in [1.29, 1.82) is 0 Å². The second kappa shape index (κ2) is 5.70. The van der Waals surface area contributed by atoms with Gasteiger partial charge in [0.05, 0.1) is 18.4 Å². The maximum Gasteiger partial charge on any atom is 0.0729 e. The Morgan fingerprint density at radius 2 is 2.21 bits per heavy atom. The van der Waals surface area contributed by atoms with E-state index in [0.717, 1.165) is 12.2 Å². The Morgan fingerprint density at radius 1 is 1.37 bits per heavy atom. The predicted octanol–water partition coefficient (Wildman–Crippen LogP) is 3.24. The number of rotatable bonds is 4. The van der Waals surface area contributed by atoms with Gasteiger partial charge in [-0.1, -0.05) is 37.3 Å². The third-order valence-corrected chi connectivity index (χ3v) is 4.87. The van der Waals surface area contributed by atoms with Crippen LogP contribution in [0.2, 0.25) is 0 Å². The van der Waals surface area contributed by atoms with Gasteiger partial charge in [0.15, 0.2) is 0 Å². The Hall–Kier alpha value is -1.42. The van der Waals surface area contributed by atoms with Crippen LogP contribution in [-0.4, -0.2) is 26.8 Å². The van der Waals surface area contributed by atoms with E-state index in [0.29, 0.717) is 11.3 Å². The van der Waals surface area contributed by atoms with E-state index in [2.05, 4.69) is 47.8 Å². The summed E-state index contributed by atoms with van der Waals surface area (Å²) in [5.74, 6) is 1.26. The van der Waals surface area contributed by atoms with Gasteiger partial charge in [-0.3, -0.25) is 4.68 Å². The van der Waals surface area contributed by atoms with E-state index in [4.69, 9.17) is 0 Å². The van der Waals surface area contributed by atoms with Crippen LogP contribution in [0.5, 0.6) is 0 Å². The number of nitrogens with one attached hydrogen (secondary N) is 1. The minimum Gasteiger partial charge on any atom is -0.379 e. The Balaban J connectivity index is 1.63. The average Bonchev–Trinajstić information content (AvgIpc) is 3.02. The fraction of sp³-hybridized carbons (Fsp3) is 0.400. The number of aromatic nitrogens is 2. The highest BCUT2D eigenvalue weighted by Crippen LogP contribution is 2.28. The number of thioether (sulfide) groups is 1. The second-order valence-electron chi connectivity index (χ2n) is 5.03. The summed E-state index contributed by atoms with van der Waals surface area (Å²) in [4.78, 5) is 0. The van der Waals surface area contributed by atoms with Crippen LogP contribution in [0.15, 0.2) is 42.7 Å². The lowest BCUT2D eigenvalue weighted by molar-refractivity contribution is 0.686. The monoisotopic (exact) mass is 273 g/mol. The Kier molecular flexibility index (Phi) is 3.78. The molecule has 19 heavy (non-hydrogen) atoms. The van der Waals surface area contributed by atoms with Crippen molar-refractivity contribution in [2.24, 2.45) is 0 Å². The van der Waals surface area contributed by atoms with Crippen LogP contribution in [0.3, 0.4) is 0 Å². The lowest BCUT2D eigenvalue weighted by Gasteiger charge is -2.15. The molecule has 1 aromatic carbocycles. The van der Waals surface area contributed by atoms with Crippen molar-refractivity contribution in [2.75, 3.05) is 11.1 Å². The summed E-state index contributed by atoms with van der Waals surface area (Å²) >= 11 is 2.04. The third-order valence-electron chi connectivity index (χ3n) is 3.55. The fourth-order valence-electron chi connectivity index (χ4n) is 2.43. The fourth-order valence-corrected chi connectivity index (χ4v) is 3.63. The molecule has 4 heteroatoms. The summed E-state index contributed by atoms with van der Waals surface area (Å²) < 4.78 is 1.99. The molecular formula is C15H19N3S. The first-order valence-electron chi connectivity index (χ1n) is 6.76. The van der Waals surface area contributed by atoms with Gasteiger partial charge < -0.3 is 5.32 Å². The van der Waals surface area contributed by atoms with Crippen molar-refractivity contribution in [1.82, 2.24) is 9.78 Å². The molecule has 0 aliphatic carbocycles. The quantitative estimate of drug-likeness (QED) is 0.927. The summed E-state index contributed by atoms with van der Waals surface area (Å²) in [6.45, 7) is 3.13. The molecule has 1 N–H and O–H groups in total. The van der Waals surface area contributed by atoms with Gasteiger partial charge in [-0.2, -0.15) is 16.9 Å². The summed E-state index contributed by atoms with van der Waals surface area (Å²) in [7, 11) is 0. The van der Waals surface area contributed by atoms with Crippen LogP contribution in [0.1, 0.15) is 18.9 Å². The molecule has 1 fully saturated rings. The number of hydrogen-bond acceptors (Lipinski definition) is 3. The maximum absolute atomic E-state index is 4.43. The Morgan fingerprint density at radius 3 is 2.95 bits per heavy atom. The van der Waals surface area contributed by atoms with Gasteiger partial charge in [-0.05, 0) is 17.7 Å². The molecule has 2 atom stereocenters. The largest absolute Gasteiger partial charge is 0.379 e. The maximum atomic E-state index is 4.43. The van der Waals surface area contributed by atoms with Crippen molar-refractivity contribution >= 4 is 17.4 Å². The van der Waals surface area contributed by atoms with Gasteiger partial charge in [0.1, 0.15) is 0 Å². The molecule has 1 aliphatic rings. The smallest absolute Gasteiger partial charge is 0.0729 e. The third kappa shape index (κ3) is 3.13. The van der Waals surface area contributed by atoms with Gasteiger partial charge in [0, 0.05) is 17.5 Å². The van der Waals surface area contributed by atoms with E-state index in [1.54, 1.807) is 0 Å². The highest BCUT2D eigenvalue weighted by molar-refractivity contribution is 8.00. The molecule has 0 amide bonds. The zero-order valence-corrected chi connectivity index (χ0v) is 11.9. The lowest BCUT2D eigenvalue weighted by atomic mass is 10.2. The van der Waals surface area contributed by atoms with Crippen molar-refractivity contribution in [3.8, 4) is 0 Å². The summed E-state index contributed by atoms with van der Waals surface area (Å²) in [5, 5.41) is 8.71.